The molecule has 0 saturated carbocycles. The number of halogens is 2. The number of hydrogen-bond acceptors (Lipinski definition) is 2. The molecule has 18 heavy (non-hydrogen) atoms. The molecule has 0 spiro atoms. The van der Waals surface area contributed by atoms with Gasteiger partial charge in [-0.15, -0.1) is 0 Å². The van der Waals surface area contributed by atoms with E-state index in [1.54, 1.807) is 0 Å². The van der Waals surface area contributed by atoms with E-state index in [1.165, 1.54) is 0 Å². The average Bonchev–Trinajstić information content (AvgIpc) is 2.37. The van der Waals surface area contributed by atoms with Crippen LogP contribution in [0.3, 0.4) is 0 Å². The summed E-state index contributed by atoms with van der Waals surface area (Å²) in [5.74, 6) is 0. The smallest absolute Gasteiger partial charge is 0.0916 e. The first kappa shape index (κ1) is 11.6. The molecule has 4 heteroatoms. The Morgan fingerprint density at radius 2 is 1.89 bits per heavy atom. The highest BCUT2D eigenvalue weighted by Gasteiger charge is 2.10. The van der Waals surface area contributed by atoms with Gasteiger partial charge in [0.2, 0.25) is 0 Å². The average molecular weight is 277 g/mol. The molecule has 0 atom stereocenters. The van der Waals surface area contributed by atoms with E-state index < -0.39 is 0 Å². The van der Waals surface area contributed by atoms with E-state index in [4.69, 9.17) is 23.2 Å². The molecule has 0 aliphatic rings. The van der Waals surface area contributed by atoms with Crippen LogP contribution in [0.4, 0.5) is 5.69 Å². The Morgan fingerprint density at radius 3 is 2.67 bits per heavy atom. The number of hydrogen-bond donors (Lipinski definition) is 1. The third kappa shape index (κ3) is 1.69. The Balaban J connectivity index is 2.56. The van der Waals surface area contributed by atoms with E-state index in [9.17, 15) is 0 Å². The highest BCUT2D eigenvalue weighted by Crippen LogP contribution is 2.34. The lowest BCUT2D eigenvalue weighted by Crippen LogP contribution is -1.94. The van der Waals surface area contributed by atoms with Gasteiger partial charge in [-0.2, -0.15) is 0 Å². The van der Waals surface area contributed by atoms with Crippen molar-refractivity contribution < 1.29 is 0 Å². The molecule has 1 heterocycles. The summed E-state index contributed by atoms with van der Waals surface area (Å²) in [5.41, 5.74) is 2.65. The zero-order valence-electron chi connectivity index (χ0n) is 9.67. The molecule has 1 aromatic heterocycles. The van der Waals surface area contributed by atoms with E-state index in [-0.39, 0.29) is 0 Å². The predicted octanol–water partition coefficient (Wildman–Crippen LogP) is 4.74. The number of pyridine rings is 1. The third-order valence-corrected chi connectivity index (χ3v) is 3.51. The van der Waals surface area contributed by atoms with Gasteiger partial charge in [-0.3, -0.25) is 0 Å². The molecule has 0 saturated heterocycles. The molecule has 90 valence electrons. The zero-order valence-corrected chi connectivity index (χ0v) is 11.2. The van der Waals surface area contributed by atoms with E-state index in [2.05, 4.69) is 10.3 Å². The molecular weight excluding hydrogens is 267 g/mol. The van der Waals surface area contributed by atoms with Crippen molar-refractivity contribution in [1.82, 2.24) is 4.98 Å². The van der Waals surface area contributed by atoms with Crippen molar-refractivity contribution in [3.05, 3.63) is 46.4 Å². The van der Waals surface area contributed by atoms with Crippen molar-refractivity contribution in [2.24, 2.45) is 0 Å². The molecule has 2 aromatic carbocycles. The summed E-state index contributed by atoms with van der Waals surface area (Å²) in [6, 6.07) is 11.5. The van der Waals surface area contributed by atoms with Crippen LogP contribution in [0, 0.1) is 0 Å². The van der Waals surface area contributed by atoms with Crippen LogP contribution in [0.15, 0.2) is 36.4 Å². The number of benzene rings is 2. The van der Waals surface area contributed by atoms with Crippen molar-refractivity contribution >= 4 is 50.7 Å². The van der Waals surface area contributed by atoms with E-state index in [1.807, 2.05) is 43.4 Å². The SMILES string of the molecule is CNc1c2ccc(Cl)cc2nc2c(Cl)cccc12. The standard InChI is InChI=1S/C14H10Cl2N2/c1-17-13-9-6-5-8(15)7-12(9)18-14-10(13)3-2-4-11(14)16/h2-7H,1H3,(H,17,18). The Morgan fingerprint density at radius 1 is 1.06 bits per heavy atom. The summed E-state index contributed by atoms with van der Waals surface area (Å²) in [4.78, 5) is 4.59. The summed E-state index contributed by atoms with van der Waals surface area (Å²) in [6.07, 6.45) is 0. The van der Waals surface area contributed by atoms with Crippen LogP contribution in [0.5, 0.6) is 0 Å². The normalized spacial score (nSPS) is 11.1. The lowest BCUT2D eigenvalue weighted by Gasteiger charge is -2.11. The highest BCUT2D eigenvalue weighted by molar-refractivity contribution is 6.36. The summed E-state index contributed by atoms with van der Waals surface area (Å²) < 4.78 is 0. The maximum atomic E-state index is 6.20. The van der Waals surface area contributed by atoms with E-state index in [0.717, 1.165) is 27.5 Å². The maximum Gasteiger partial charge on any atom is 0.0916 e. The second kappa shape index (κ2) is 4.30. The fraction of sp³-hybridized carbons (Fsp3) is 0.0714. The van der Waals surface area contributed by atoms with Gasteiger partial charge in [0, 0.05) is 22.8 Å². The number of rotatable bonds is 1. The topological polar surface area (TPSA) is 24.9 Å². The predicted molar refractivity (Wildman–Crippen MR) is 78.8 cm³/mol. The first-order valence-corrected chi connectivity index (χ1v) is 6.31. The van der Waals surface area contributed by atoms with Crippen LogP contribution in [0.2, 0.25) is 10.0 Å². The van der Waals surface area contributed by atoms with Crippen molar-refractivity contribution in [2.75, 3.05) is 12.4 Å². The molecule has 1 N–H and O–H groups in total. The lowest BCUT2D eigenvalue weighted by molar-refractivity contribution is 1.47. The van der Waals surface area contributed by atoms with Gasteiger partial charge in [0.25, 0.3) is 0 Å². The number of fused-ring (bicyclic) bond motifs is 2. The maximum absolute atomic E-state index is 6.20. The lowest BCUT2D eigenvalue weighted by atomic mass is 10.1. The van der Waals surface area contributed by atoms with Crippen LogP contribution < -0.4 is 5.32 Å². The van der Waals surface area contributed by atoms with E-state index >= 15 is 0 Å². The van der Waals surface area contributed by atoms with Crippen molar-refractivity contribution in [3.63, 3.8) is 0 Å². The zero-order chi connectivity index (χ0) is 12.7. The summed E-state index contributed by atoms with van der Waals surface area (Å²) in [5, 5.41) is 6.58. The highest BCUT2D eigenvalue weighted by atomic mass is 35.5. The largest absolute Gasteiger partial charge is 0.387 e. The molecule has 3 aromatic rings. The first-order valence-electron chi connectivity index (χ1n) is 5.56. The Bertz CT molecular complexity index is 753. The molecular formula is C14H10Cl2N2. The second-order valence-electron chi connectivity index (χ2n) is 4.03. The van der Waals surface area contributed by atoms with Gasteiger partial charge in [-0.25, -0.2) is 4.98 Å². The summed E-state index contributed by atoms with van der Waals surface area (Å²) >= 11 is 12.2. The Kier molecular flexibility index (Phi) is 2.77. The van der Waals surface area contributed by atoms with Crippen LogP contribution in [0.25, 0.3) is 21.8 Å². The van der Waals surface area contributed by atoms with E-state index in [0.29, 0.717) is 10.0 Å². The summed E-state index contributed by atoms with van der Waals surface area (Å²) in [7, 11) is 1.89. The van der Waals surface area contributed by atoms with Gasteiger partial charge >= 0.3 is 0 Å². The molecule has 0 bridgehead atoms. The molecule has 3 rings (SSSR count). The minimum absolute atomic E-state index is 0.644. The van der Waals surface area contributed by atoms with Gasteiger partial charge in [-0.05, 0) is 24.3 Å². The quantitative estimate of drug-likeness (QED) is 0.650. The molecule has 0 fully saturated rings. The van der Waals surface area contributed by atoms with Crippen LogP contribution in [-0.2, 0) is 0 Å². The van der Waals surface area contributed by atoms with Crippen LogP contribution in [-0.4, -0.2) is 12.0 Å². The molecule has 0 amide bonds. The number of nitrogens with zero attached hydrogens (tertiary/aromatic N) is 1. The number of para-hydroxylation sites is 1. The first-order chi connectivity index (χ1) is 8.70. The second-order valence-corrected chi connectivity index (χ2v) is 4.88. The molecule has 2 nitrogen and oxygen atoms in total. The molecule has 0 unspecified atom stereocenters. The van der Waals surface area contributed by atoms with Crippen molar-refractivity contribution in [3.8, 4) is 0 Å². The monoisotopic (exact) mass is 276 g/mol. The minimum atomic E-state index is 0.644. The van der Waals surface area contributed by atoms with Gasteiger partial charge in [0.15, 0.2) is 0 Å². The number of aromatic nitrogens is 1. The minimum Gasteiger partial charge on any atom is -0.387 e. The molecule has 0 aliphatic carbocycles. The van der Waals surface area contributed by atoms with Crippen molar-refractivity contribution in [1.29, 1.82) is 0 Å². The summed E-state index contributed by atoms with van der Waals surface area (Å²) in [6.45, 7) is 0. The van der Waals surface area contributed by atoms with Crippen molar-refractivity contribution in [2.45, 2.75) is 0 Å². The van der Waals surface area contributed by atoms with Gasteiger partial charge < -0.3 is 5.32 Å². The number of nitrogens with one attached hydrogen (secondary N) is 1. The van der Waals surface area contributed by atoms with Crippen LogP contribution >= 0.6 is 23.2 Å². The van der Waals surface area contributed by atoms with Crippen LogP contribution in [0.1, 0.15) is 0 Å². The third-order valence-electron chi connectivity index (χ3n) is 2.97. The Hall–Kier alpha value is -1.51. The fourth-order valence-electron chi connectivity index (χ4n) is 2.17. The van der Waals surface area contributed by atoms with Gasteiger partial charge in [-0.1, -0.05) is 35.3 Å². The fourth-order valence-corrected chi connectivity index (χ4v) is 2.56. The van der Waals surface area contributed by atoms with Gasteiger partial charge in [0.1, 0.15) is 0 Å². The molecule has 0 radical (unpaired) electrons. The van der Waals surface area contributed by atoms with Gasteiger partial charge in [0.05, 0.1) is 21.7 Å². The molecule has 0 aliphatic heterocycles. The number of anilines is 1. The Labute approximate surface area is 115 Å².